The molecule has 15 aromatic rings. The van der Waals surface area contributed by atoms with E-state index >= 15 is 0 Å². The molecule has 0 bridgehead atoms. The molecule has 24 nitrogen and oxygen atoms in total. The third kappa shape index (κ3) is 21.2. The van der Waals surface area contributed by atoms with Gasteiger partial charge in [0.2, 0.25) is 0 Å². The fraction of sp³-hybridized carbons (Fsp3) is 0.0769. The summed E-state index contributed by atoms with van der Waals surface area (Å²) in [5.74, 6) is 0. The second-order valence-corrected chi connectivity index (χ2v) is 33.6. The van der Waals surface area contributed by atoms with E-state index in [1.54, 1.807) is 68.4 Å². The standard InChI is InChI=1S/3C26H20N2O6S2.6Na/c1-15-13-23(17-3-7-19(8-4-17)35(29,30)31)21-11-12-22-24(14-16(2)28-26(22)25(21)27-15)18-5-9-20(10-6-18)36(32,33)34;1-15-11-23(17-5-3-7-19(13-17)35(29,30)31)21-9-10-22-24(12-16(2)28-26(22)25(21)27-15)18-6-4-8-20(14-18)36(32,33)34;1-15-12-23(17-6-8-19(9-7-17)35(29,30)31)21-10-11-22-24(13-16(2)28-26(22)25(21)27-15)18-4-3-5-20(14-18)36(32,33)34;;;;;;/h3*3-14H,1-2H3,(H,29,30,31)(H,32,33,34);;;;;;/q;;;6*+1/p-6. The minimum atomic E-state index is -4.63. The van der Waals surface area contributed by atoms with Crippen molar-refractivity contribution in [2.24, 2.45) is 0 Å². The number of hydrogen-bond acceptors (Lipinski definition) is 24. The van der Waals surface area contributed by atoms with E-state index in [0.717, 1.165) is 60.8 Å². The molecule has 15 rings (SSSR count). The van der Waals surface area contributed by atoms with Crippen LogP contribution in [0.25, 0.3) is 132 Å². The van der Waals surface area contributed by atoms with Crippen LogP contribution in [0.5, 0.6) is 0 Å². The Kier molecular flexibility index (Phi) is 31.7. The van der Waals surface area contributed by atoms with E-state index in [2.05, 4.69) is 0 Å². The second kappa shape index (κ2) is 37.7. The molecule has 0 N–H and O–H groups in total. The van der Waals surface area contributed by atoms with Crippen molar-refractivity contribution in [1.29, 1.82) is 0 Å². The van der Waals surface area contributed by atoms with Gasteiger partial charge in [-0.05, 0) is 217 Å². The zero-order chi connectivity index (χ0) is 77.5. The maximum absolute atomic E-state index is 11.6. The van der Waals surface area contributed by atoms with Gasteiger partial charge in [0.25, 0.3) is 0 Å². The number of aryl methyl sites for hydroxylation is 6. The van der Waals surface area contributed by atoms with Crippen molar-refractivity contribution in [3.8, 4) is 66.8 Å². The first-order valence-corrected chi connectivity index (χ1v) is 40.7. The molecule has 0 amide bonds. The molecule has 0 fully saturated rings. The molecule has 9 aromatic carbocycles. The van der Waals surface area contributed by atoms with Crippen molar-refractivity contribution in [2.75, 3.05) is 0 Å². The third-order valence-electron chi connectivity index (χ3n) is 17.7. The minimum absolute atomic E-state index is 0. The van der Waals surface area contributed by atoms with E-state index in [1.165, 1.54) is 91.0 Å². The predicted octanol–water partition coefficient (Wildman–Crippen LogP) is -4.35. The van der Waals surface area contributed by atoms with Crippen LogP contribution >= 0.6 is 0 Å². The van der Waals surface area contributed by atoms with Crippen LogP contribution in [0.2, 0.25) is 0 Å². The number of nitrogens with zero attached hydrogens (tertiary/aromatic N) is 6. The molecule has 0 saturated heterocycles. The maximum Gasteiger partial charge on any atom is 1.00 e. The number of aromatic nitrogens is 6. The number of fused-ring (bicyclic) bond motifs is 9. The van der Waals surface area contributed by atoms with Crippen LogP contribution in [0.15, 0.2) is 248 Å². The van der Waals surface area contributed by atoms with E-state index in [-0.39, 0.29) is 207 Å². The van der Waals surface area contributed by atoms with Gasteiger partial charge in [-0.2, -0.15) is 0 Å². The van der Waals surface area contributed by atoms with E-state index in [4.69, 9.17) is 29.9 Å². The van der Waals surface area contributed by atoms with E-state index in [1.807, 2.05) is 100 Å². The quantitative estimate of drug-likeness (QED) is 0.0634. The first-order chi connectivity index (χ1) is 50.7. The van der Waals surface area contributed by atoms with Crippen molar-refractivity contribution in [3.05, 3.63) is 253 Å². The van der Waals surface area contributed by atoms with Gasteiger partial charge in [-0.15, -0.1) is 0 Å². The second-order valence-electron chi connectivity index (χ2n) is 25.3. The average molecular weight is 1690 g/mol. The van der Waals surface area contributed by atoms with E-state index in [9.17, 15) is 77.8 Å². The van der Waals surface area contributed by atoms with Gasteiger partial charge in [0.1, 0.15) is 60.7 Å². The zero-order valence-corrected chi connectivity index (χ0v) is 80.2. The van der Waals surface area contributed by atoms with Gasteiger partial charge in [-0.25, -0.2) is 50.5 Å². The molecule has 114 heavy (non-hydrogen) atoms. The Morgan fingerprint density at radius 2 is 0.351 bits per heavy atom. The predicted molar refractivity (Wildman–Crippen MR) is 400 cm³/mol. The molecule has 0 radical (unpaired) electrons. The summed E-state index contributed by atoms with van der Waals surface area (Å²) in [6.45, 7) is 10.9. The third-order valence-corrected chi connectivity index (χ3v) is 22.7. The number of rotatable bonds is 12. The summed E-state index contributed by atoms with van der Waals surface area (Å²) in [6.07, 6.45) is 0. The monoisotopic (exact) mass is 1690 g/mol. The molecule has 0 atom stereocenters. The van der Waals surface area contributed by atoms with Crippen LogP contribution in [0.4, 0.5) is 0 Å². The van der Waals surface area contributed by atoms with Gasteiger partial charge in [0, 0.05) is 66.5 Å². The molecule has 0 aliphatic heterocycles. The van der Waals surface area contributed by atoms with Crippen molar-refractivity contribution in [2.45, 2.75) is 70.9 Å². The van der Waals surface area contributed by atoms with Crippen molar-refractivity contribution in [1.82, 2.24) is 29.9 Å². The summed E-state index contributed by atoms with van der Waals surface area (Å²) in [4.78, 5) is 26.5. The van der Waals surface area contributed by atoms with Crippen LogP contribution in [0, 0.1) is 41.5 Å². The fourth-order valence-electron chi connectivity index (χ4n) is 13.0. The smallest absolute Gasteiger partial charge is 0.744 e. The van der Waals surface area contributed by atoms with Gasteiger partial charge in [0.15, 0.2) is 0 Å². The summed E-state index contributed by atoms with van der Waals surface area (Å²) >= 11 is 0. The Labute approximate surface area is 790 Å². The van der Waals surface area contributed by atoms with Crippen molar-refractivity contribution < 1.29 is 255 Å². The van der Waals surface area contributed by atoms with Crippen molar-refractivity contribution >= 4 is 126 Å². The average Bonchev–Trinajstić information content (AvgIpc) is 0.757. The molecule has 0 unspecified atom stereocenters. The van der Waals surface area contributed by atoms with Gasteiger partial charge < -0.3 is 27.3 Å². The Morgan fingerprint density at radius 1 is 0.193 bits per heavy atom. The van der Waals surface area contributed by atoms with Crippen LogP contribution in [-0.2, 0) is 60.7 Å². The molecule has 36 heteroatoms. The van der Waals surface area contributed by atoms with Gasteiger partial charge in [-0.1, -0.05) is 109 Å². The number of pyridine rings is 6. The molecule has 0 saturated carbocycles. The van der Waals surface area contributed by atoms with Crippen LogP contribution in [-0.4, -0.2) is 108 Å². The summed E-state index contributed by atoms with van der Waals surface area (Å²) in [6, 6.07) is 57.0. The largest absolute Gasteiger partial charge is 1.00 e. The molecule has 6 aromatic heterocycles. The zero-order valence-electron chi connectivity index (χ0n) is 63.3. The summed E-state index contributed by atoms with van der Waals surface area (Å²) < 4.78 is 206. The molecular formula is C78H54N6Na6O18S6. The molecule has 0 aliphatic carbocycles. The van der Waals surface area contributed by atoms with E-state index in [0.29, 0.717) is 106 Å². The molecule has 0 spiro atoms. The molecule has 0 aliphatic rings. The Hall–Kier alpha value is -5.10. The Bertz CT molecular complexity index is 6790. The number of hydrogen-bond donors (Lipinski definition) is 0. The van der Waals surface area contributed by atoms with Crippen LogP contribution < -0.4 is 177 Å². The van der Waals surface area contributed by atoms with Gasteiger partial charge >= 0.3 is 177 Å². The first-order valence-electron chi connectivity index (χ1n) is 32.3. The number of benzene rings is 9. The van der Waals surface area contributed by atoms with E-state index < -0.39 is 60.7 Å². The van der Waals surface area contributed by atoms with Crippen LogP contribution in [0.1, 0.15) is 34.2 Å². The first kappa shape index (κ1) is 96.0. The normalized spacial score (nSPS) is 11.7. The summed E-state index contributed by atoms with van der Waals surface area (Å²) in [7, 11) is -27.5. The molecule has 546 valence electrons. The van der Waals surface area contributed by atoms with Crippen molar-refractivity contribution in [3.63, 3.8) is 0 Å². The maximum atomic E-state index is 11.6. The minimum Gasteiger partial charge on any atom is -0.744 e. The van der Waals surface area contributed by atoms with Gasteiger partial charge in [-0.3, -0.25) is 29.9 Å². The topological polar surface area (TPSA) is 421 Å². The molecule has 6 heterocycles. The van der Waals surface area contributed by atoms with Crippen LogP contribution in [0.3, 0.4) is 0 Å². The summed E-state index contributed by atoms with van der Waals surface area (Å²) in [5.41, 5.74) is 16.1. The SMILES string of the molecule is Cc1cc(-c2ccc(S(=O)(=O)[O-])cc2)c2ccc3c(-c4ccc(S(=O)(=O)[O-])cc4)cc(C)nc3c2n1.Cc1cc(-c2ccc(S(=O)(=O)[O-])cc2)c2ccc3c(-c4cccc(S(=O)(=O)[O-])c4)cc(C)nc3c2n1.Cc1cc(-c2cccc(S(=O)(=O)[O-])c2)c2ccc3c(-c4cccc(S(=O)(=O)[O-])c4)cc(C)nc3c2n1.[Na+].[Na+].[Na+].[Na+].[Na+].[Na+]. The summed E-state index contributed by atoms with van der Waals surface area (Å²) in [5, 5.41) is 4.49. The van der Waals surface area contributed by atoms with Gasteiger partial charge in [0.05, 0.1) is 62.5 Å². The Balaban J connectivity index is 0.000000231. The fourth-order valence-corrected chi connectivity index (χ4v) is 15.9. The Morgan fingerprint density at radius 3 is 0.509 bits per heavy atom. The molecular weight excluding hydrogens is 1640 g/mol.